The summed E-state index contributed by atoms with van der Waals surface area (Å²) in [6, 6.07) is 32.4. The summed E-state index contributed by atoms with van der Waals surface area (Å²) in [6.07, 6.45) is 7.86. The van der Waals surface area contributed by atoms with E-state index >= 15 is 0 Å². The minimum Gasteiger partial charge on any atom is -0.457 e. The SMILES string of the molecule is O=P(O)(O)c1ccccc1C[n+]1ccc(-c2cc[n+](-c3ccc(Oc4ccccc4)cc3)cc2)cc1. The molecule has 0 bridgehead atoms. The fourth-order valence-electron chi connectivity index (χ4n) is 3.98. The van der Waals surface area contributed by atoms with E-state index in [-0.39, 0.29) is 5.30 Å². The Bertz CT molecular complexity index is 1500. The van der Waals surface area contributed by atoms with Gasteiger partial charge < -0.3 is 14.5 Å². The van der Waals surface area contributed by atoms with Crippen molar-refractivity contribution < 1.29 is 28.2 Å². The van der Waals surface area contributed by atoms with Crippen LogP contribution in [-0.2, 0) is 11.1 Å². The molecule has 0 aliphatic rings. The van der Waals surface area contributed by atoms with Gasteiger partial charge in [0.2, 0.25) is 5.69 Å². The van der Waals surface area contributed by atoms with Gasteiger partial charge in [-0.05, 0) is 41.5 Å². The summed E-state index contributed by atoms with van der Waals surface area (Å²) in [4.78, 5) is 19.2. The highest BCUT2D eigenvalue weighted by Gasteiger charge is 2.22. The quantitative estimate of drug-likeness (QED) is 0.256. The Labute approximate surface area is 209 Å². The van der Waals surface area contributed by atoms with Crippen LogP contribution in [-0.4, -0.2) is 9.79 Å². The second kappa shape index (κ2) is 10.3. The van der Waals surface area contributed by atoms with Crippen molar-refractivity contribution in [1.29, 1.82) is 0 Å². The highest BCUT2D eigenvalue weighted by atomic mass is 31.2. The van der Waals surface area contributed by atoms with Gasteiger partial charge in [-0.15, -0.1) is 0 Å². The molecule has 0 amide bonds. The molecule has 0 saturated carbocycles. The van der Waals surface area contributed by atoms with Gasteiger partial charge in [-0.25, -0.2) is 4.57 Å². The maximum Gasteiger partial charge on any atom is 0.356 e. The van der Waals surface area contributed by atoms with Crippen molar-refractivity contribution in [1.82, 2.24) is 0 Å². The van der Waals surface area contributed by atoms with E-state index in [0.29, 0.717) is 12.1 Å². The average Bonchev–Trinajstić information content (AvgIpc) is 2.90. The molecule has 0 atom stereocenters. The second-order valence-corrected chi connectivity index (χ2v) is 9.90. The van der Waals surface area contributed by atoms with Crippen LogP contribution in [0.4, 0.5) is 0 Å². The molecule has 36 heavy (non-hydrogen) atoms. The first kappa shape index (κ1) is 23.6. The first-order valence-corrected chi connectivity index (χ1v) is 13.1. The van der Waals surface area contributed by atoms with E-state index in [1.54, 1.807) is 18.2 Å². The van der Waals surface area contributed by atoms with Gasteiger partial charge in [-0.1, -0.05) is 36.4 Å². The van der Waals surface area contributed by atoms with Crippen LogP contribution in [0.25, 0.3) is 16.8 Å². The van der Waals surface area contributed by atoms with Crippen LogP contribution in [0.5, 0.6) is 11.5 Å². The van der Waals surface area contributed by atoms with Gasteiger partial charge in [-0.2, -0.15) is 4.57 Å². The van der Waals surface area contributed by atoms with Crippen molar-refractivity contribution in [2.75, 3.05) is 0 Å². The van der Waals surface area contributed by atoms with Crippen molar-refractivity contribution >= 4 is 12.9 Å². The van der Waals surface area contributed by atoms with Crippen LogP contribution in [0.3, 0.4) is 0 Å². The van der Waals surface area contributed by atoms with Crippen molar-refractivity contribution in [3.05, 3.63) is 133 Å². The number of hydrogen-bond donors (Lipinski definition) is 2. The van der Waals surface area contributed by atoms with Gasteiger partial charge in [0, 0.05) is 42.0 Å². The molecule has 0 aliphatic carbocycles. The number of benzene rings is 3. The topological polar surface area (TPSA) is 74.5 Å². The van der Waals surface area contributed by atoms with Crippen LogP contribution < -0.4 is 19.2 Å². The molecule has 0 unspecified atom stereocenters. The number of nitrogens with zero attached hydrogens (tertiary/aromatic N) is 2. The van der Waals surface area contributed by atoms with Crippen LogP contribution in [0.15, 0.2) is 128 Å². The smallest absolute Gasteiger partial charge is 0.356 e. The predicted octanol–water partition coefficient (Wildman–Crippen LogP) is 4.56. The van der Waals surface area contributed by atoms with Gasteiger partial charge in [0.25, 0.3) is 0 Å². The van der Waals surface area contributed by atoms with Gasteiger partial charge in [0.1, 0.15) is 11.5 Å². The molecule has 0 fully saturated rings. The lowest BCUT2D eigenvalue weighted by atomic mass is 10.1. The number of rotatable bonds is 7. The van der Waals surface area contributed by atoms with E-state index in [1.807, 2.05) is 101 Å². The minimum atomic E-state index is -4.32. The molecule has 6 nitrogen and oxygen atoms in total. The van der Waals surface area contributed by atoms with E-state index in [1.165, 1.54) is 6.07 Å². The predicted molar refractivity (Wildman–Crippen MR) is 137 cm³/mol. The highest BCUT2D eigenvalue weighted by Crippen LogP contribution is 2.34. The molecule has 5 aromatic rings. The van der Waals surface area contributed by atoms with Crippen LogP contribution >= 0.6 is 7.60 Å². The molecule has 3 aromatic carbocycles. The Morgan fingerprint density at radius 1 is 0.639 bits per heavy atom. The molecule has 0 aliphatic heterocycles. The third-order valence-corrected chi connectivity index (χ3v) is 6.89. The van der Waals surface area contributed by atoms with E-state index < -0.39 is 7.60 Å². The zero-order valence-corrected chi connectivity index (χ0v) is 20.3. The van der Waals surface area contributed by atoms with Gasteiger partial charge in [-0.3, -0.25) is 4.57 Å². The lowest BCUT2D eigenvalue weighted by Gasteiger charge is -2.08. The van der Waals surface area contributed by atoms with E-state index in [0.717, 1.165) is 28.3 Å². The van der Waals surface area contributed by atoms with Gasteiger partial charge >= 0.3 is 7.60 Å². The second-order valence-electron chi connectivity index (χ2n) is 8.33. The number of pyridine rings is 2. The number of hydrogen-bond acceptors (Lipinski definition) is 2. The third kappa shape index (κ3) is 5.58. The first-order valence-electron chi connectivity index (χ1n) is 11.4. The first-order chi connectivity index (χ1) is 17.5. The summed E-state index contributed by atoms with van der Waals surface area (Å²) in [5, 5.41) is 0.0638. The van der Waals surface area contributed by atoms with Crippen LogP contribution in [0.2, 0.25) is 0 Å². The lowest BCUT2D eigenvalue weighted by molar-refractivity contribution is -0.688. The molecule has 5 rings (SSSR count). The molecule has 2 heterocycles. The summed E-state index contributed by atoms with van der Waals surface area (Å²) < 4.78 is 21.6. The Kier molecular flexibility index (Phi) is 6.74. The maximum absolute atomic E-state index is 11.8. The molecule has 7 heteroatoms. The summed E-state index contributed by atoms with van der Waals surface area (Å²) >= 11 is 0. The van der Waals surface area contributed by atoms with Crippen LogP contribution in [0, 0.1) is 0 Å². The summed E-state index contributed by atoms with van der Waals surface area (Å²) in [5.74, 6) is 1.58. The fourth-order valence-corrected chi connectivity index (χ4v) is 4.78. The molecule has 0 spiro atoms. The van der Waals surface area contributed by atoms with Gasteiger partial charge in [0.05, 0.1) is 5.30 Å². The highest BCUT2D eigenvalue weighted by molar-refractivity contribution is 7.60. The minimum absolute atomic E-state index is 0.0638. The fraction of sp³-hybridized carbons (Fsp3) is 0.0345. The molecule has 0 radical (unpaired) electrons. The van der Waals surface area contributed by atoms with Crippen molar-refractivity contribution in [2.24, 2.45) is 0 Å². The monoisotopic (exact) mass is 496 g/mol. The Balaban J connectivity index is 1.27. The van der Waals surface area contributed by atoms with E-state index in [2.05, 4.69) is 12.1 Å². The Hall–Kier alpha value is -4.09. The molecular weight excluding hydrogens is 471 g/mol. The summed E-state index contributed by atoms with van der Waals surface area (Å²) in [5.41, 5.74) is 3.74. The van der Waals surface area contributed by atoms with Crippen molar-refractivity contribution in [2.45, 2.75) is 6.54 Å². The Morgan fingerprint density at radius 2 is 1.19 bits per heavy atom. The molecular formula is C29H25N2O4P+2. The third-order valence-electron chi connectivity index (χ3n) is 5.83. The maximum atomic E-state index is 11.8. The molecule has 2 N–H and O–H groups in total. The van der Waals surface area contributed by atoms with E-state index in [9.17, 15) is 14.4 Å². The standard InChI is InChI=1S/C29H23N2O4P/c32-36(33,34)29-9-5-4-6-25(29)22-30-18-14-23(15-19-30)24-16-20-31(21-17-24)26-10-12-28(13-11-26)35-27-7-2-1-3-8-27/h1-21H,22H2/p+2. The lowest BCUT2D eigenvalue weighted by Crippen LogP contribution is -2.35. The van der Waals surface area contributed by atoms with E-state index in [4.69, 9.17) is 4.74 Å². The zero-order valence-electron chi connectivity index (χ0n) is 19.4. The average molecular weight is 497 g/mol. The number of aromatic nitrogens is 2. The summed E-state index contributed by atoms with van der Waals surface area (Å²) in [7, 11) is -4.32. The number of para-hydroxylation sites is 1. The van der Waals surface area contributed by atoms with Crippen LogP contribution in [0.1, 0.15) is 5.56 Å². The molecule has 178 valence electrons. The zero-order chi connectivity index (χ0) is 25.0. The largest absolute Gasteiger partial charge is 0.457 e. The van der Waals surface area contributed by atoms with Gasteiger partial charge in [0.15, 0.2) is 31.3 Å². The normalized spacial score (nSPS) is 11.3. The van der Waals surface area contributed by atoms with Crippen molar-refractivity contribution in [3.8, 4) is 28.3 Å². The Morgan fingerprint density at radius 3 is 1.83 bits per heavy atom. The number of ether oxygens (including phenoxy) is 1. The molecule has 0 saturated heterocycles. The molecule has 2 aromatic heterocycles. The summed E-state index contributed by atoms with van der Waals surface area (Å²) in [6.45, 7) is 0.375. The van der Waals surface area contributed by atoms with Crippen molar-refractivity contribution in [3.63, 3.8) is 0 Å².